The lowest BCUT2D eigenvalue weighted by atomic mass is 10.1. The molecule has 21 heavy (non-hydrogen) atoms. The molecule has 0 fully saturated rings. The molecular weight excluding hydrogens is 348 g/mol. The van der Waals surface area contributed by atoms with Crippen molar-refractivity contribution in [2.45, 2.75) is 26.8 Å². The van der Waals surface area contributed by atoms with Crippen molar-refractivity contribution in [3.63, 3.8) is 0 Å². The van der Waals surface area contributed by atoms with Gasteiger partial charge in [-0.15, -0.1) is 11.3 Å². The van der Waals surface area contributed by atoms with Gasteiger partial charge in [-0.2, -0.15) is 0 Å². The summed E-state index contributed by atoms with van der Waals surface area (Å²) in [6, 6.07) is 9.86. The fourth-order valence-electron chi connectivity index (χ4n) is 2.01. The van der Waals surface area contributed by atoms with Gasteiger partial charge in [-0.3, -0.25) is 4.79 Å². The van der Waals surface area contributed by atoms with Gasteiger partial charge in [0, 0.05) is 22.7 Å². The van der Waals surface area contributed by atoms with Crippen LogP contribution in [0.1, 0.15) is 34.1 Å². The maximum Gasteiger partial charge on any atom is 0.251 e. The van der Waals surface area contributed by atoms with Crippen LogP contribution in [0.25, 0.3) is 0 Å². The van der Waals surface area contributed by atoms with E-state index in [1.54, 1.807) is 11.3 Å². The lowest BCUT2D eigenvalue weighted by Gasteiger charge is -2.10. The quantitative estimate of drug-likeness (QED) is 0.785. The van der Waals surface area contributed by atoms with E-state index in [2.05, 4.69) is 33.5 Å². The summed E-state index contributed by atoms with van der Waals surface area (Å²) < 4.78 is 1.08. The molecule has 2 N–H and O–H groups in total. The molecule has 0 radical (unpaired) electrons. The Kier molecular flexibility index (Phi) is 5.82. The van der Waals surface area contributed by atoms with Crippen molar-refractivity contribution < 1.29 is 4.79 Å². The van der Waals surface area contributed by atoms with Gasteiger partial charge < -0.3 is 10.6 Å². The molecular formula is C16H19BrN2OS. The van der Waals surface area contributed by atoms with Crippen molar-refractivity contribution in [1.82, 2.24) is 5.32 Å². The summed E-state index contributed by atoms with van der Waals surface area (Å²) >= 11 is 5.06. The van der Waals surface area contributed by atoms with Crippen LogP contribution in [0, 0.1) is 6.92 Å². The van der Waals surface area contributed by atoms with E-state index in [9.17, 15) is 4.79 Å². The number of hydrogen-bond donors (Lipinski definition) is 2. The lowest BCUT2D eigenvalue weighted by Crippen LogP contribution is -2.23. The fourth-order valence-corrected chi connectivity index (χ4v) is 3.43. The van der Waals surface area contributed by atoms with E-state index in [1.807, 2.05) is 37.3 Å². The summed E-state index contributed by atoms with van der Waals surface area (Å²) in [4.78, 5) is 13.4. The Balaban J connectivity index is 1.98. The highest BCUT2D eigenvalue weighted by Crippen LogP contribution is 2.22. The highest BCUT2D eigenvalue weighted by atomic mass is 79.9. The van der Waals surface area contributed by atoms with Gasteiger partial charge in [-0.05, 0) is 65.2 Å². The lowest BCUT2D eigenvalue weighted by molar-refractivity contribution is 0.0950. The van der Waals surface area contributed by atoms with E-state index < -0.39 is 0 Å². The van der Waals surface area contributed by atoms with Crippen LogP contribution in [0.4, 0.5) is 5.69 Å². The highest BCUT2D eigenvalue weighted by Gasteiger charge is 2.09. The summed E-state index contributed by atoms with van der Waals surface area (Å²) in [5.41, 5.74) is 2.78. The van der Waals surface area contributed by atoms with E-state index in [4.69, 9.17) is 0 Å². The average molecular weight is 367 g/mol. The molecule has 0 aliphatic carbocycles. The van der Waals surface area contributed by atoms with Crippen LogP contribution in [-0.2, 0) is 6.54 Å². The SMILES string of the molecule is CCCNc1ccc(C(=O)NCc2ccc(Br)s2)c(C)c1. The fraction of sp³-hybridized carbons (Fsp3) is 0.312. The van der Waals surface area contributed by atoms with E-state index in [0.29, 0.717) is 6.54 Å². The van der Waals surface area contributed by atoms with E-state index in [-0.39, 0.29) is 5.91 Å². The number of carbonyl (C=O) groups is 1. The number of nitrogens with one attached hydrogen (secondary N) is 2. The second kappa shape index (κ2) is 7.61. The molecule has 0 atom stereocenters. The number of aryl methyl sites for hydroxylation is 1. The van der Waals surface area contributed by atoms with Gasteiger partial charge in [-0.1, -0.05) is 6.92 Å². The van der Waals surface area contributed by atoms with E-state index in [0.717, 1.165) is 38.4 Å². The summed E-state index contributed by atoms with van der Waals surface area (Å²) in [5.74, 6) is -0.0286. The third-order valence-corrected chi connectivity index (χ3v) is 4.73. The second-order valence-electron chi connectivity index (χ2n) is 4.84. The first-order chi connectivity index (χ1) is 10.1. The number of rotatable bonds is 6. The van der Waals surface area contributed by atoms with Crippen LogP contribution in [0.3, 0.4) is 0 Å². The summed E-state index contributed by atoms with van der Waals surface area (Å²) in [5, 5.41) is 6.29. The zero-order chi connectivity index (χ0) is 15.2. The van der Waals surface area contributed by atoms with Crippen molar-refractivity contribution in [2.75, 3.05) is 11.9 Å². The standard InChI is InChI=1S/C16H19BrN2OS/c1-3-8-18-12-4-6-14(11(2)9-12)16(20)19-10-13-5-7-15(17)21-13/h4-7,9,18H,3,8,10H2,1-2H3,(H,19,20). The molecule has 0 aliphatic heterocycles. The Labute approximate surface area is 137 Å². The summed E-state index contributed by atoms with van der Waals surface area (Å²) in [6.07, 6.45) is 1.08. The smallest absolute Gasteiger partial charge is 0.251 e. The molecule has 5 heteroatoms. The topological polar surface area (TPSA) is 41.1 Å². The minimum Gasteiger partial charge on any atom is -0.385 e. The second-order valence-corrected chi connectivity index (χ2v) is 7.39. The molecule has 0 saturated heterocycles. The molecule has 0 unspecified atom stereocenters. The Hall–Kier alpha value is -1.33. The monoisotopic (exact) mass is 366 g/mol. The number of carbonyl (C=O) groups excluding carboxylic acids is 1. The van der Waals surface area contributed by atoms with Crippen molar-refractivity contribution in [1.29, 1.82) is 0 Å². The molecule has 2 rings (SSSR count). The first kappa shape index (κ1) is 16.0. The first-order valence-electron chi connectivity index (χ1n) is 6.97. The van der Waals surface area contributed by atoms with E-state index in [1.165, 1.54) is 0 Å². The van der Waals surface area contributed by atoms with Gasteiger partial charge in [-0.25, -0.2) is 0 Å². The molecule has 112 valence electrons. The molecule has 1 heterocycles. The molecule has 1 aromatic carbocycles. The Morgan fingerprint density at radius 1 is 1.29 bits per heavy atom. The van der Waals surface area contributed by atoms with Crippen LogP contribution >= 0.6 is 27.3 Å². The zero-order valence-corrected chi connectivity index (χ0v) is 14.6. The van der Waals surface area contributed by atoms with Crippen molar-refractivity contribution in [3.05, 3.63) is 50.1 Å². The third-order valence-electron chi connectivity index (χ3n) is 3.10. The number of benzene rings is 1. The molecule has 0 saturated carbocycles. The summed E-state index contributed by atoms with van der Waals surface area (Å²) in [7, 11) is 0. The van der Waals surface area contributed by atoms with Crippen LogP contribution < -0.4 is 10.6 Å². The number of thiophene rings is 1. The molecule has 1 aromatic heterocycles. The third kappa shape index (κ3) is 4.58. The maximum atomic E-state index is 12.2. The van der Waals surface area contributed by atoms with Crippen LogP contribution in [0.15, 0.2) is 34.1 Å². The van der Waals surface area contributed by atoms with Crippen LogP contribution in [0.5, 0.6) is 0 Å². The van der Waals surface area contributed by atoms with Gasteiger partial charge in [0.1, 0.15) is 0 Å². The van der Waals surface area contributed by atoms with Gasteiger partial charge in [0.05, 0.1) is 10.3 Å². The molecule has 0 spiro atoms. The van der Waals surface area contributed by atoms with Gasteiger partial charge in [0.2, 0.25) is 0 Å². The Morgan fingerprint density at radius 3 is 2.71 bits per heavy atom. The number of anilines is 1. The maximum absolute atomic E-state index is 12.2. The van der Waals surface area contributed by atoms with E-state index >= 15 is 0 Å². The predicted molar refractivity (Wildman–Crippen MR) is 93.1 cm³/mol. The van der Waals surface area contributed by atoms with Crippen molar-refractivity contribution in [3.8, 4) is 0 Å². The normalized spacial score (nSPS) is 10.4. The highest BCUT2D eigenvalue weighted by molar-refractivity contribution is 9.11. The Bertz CT molecular complexity index is 624. The van der Waals surface area contributed by atoms with Gasteiger partial charge in [0.25, 0.3) is 5.91 Å². The van der Waals surface area contributed by atoms with Crippen molar-refractivity contribution in [2.24, 2.45) is 0 Å². The molecule has 3 nitrogen and oxygen atoms in total. The average Bonchev–Trinajstić information content (AvgIpc) is 2.88. The molecule has 1 amide bonds. The van der Waals surface area contributed by atoms with Gasteiger partial charge in [0.15, 0.2) is 0 Å². The minimum atomic E-state index is -0.0286. The van der Waals surface area contributed by atoms with Crippen LogP contribution in [0.2, 0.25) is 0 Å². The van der Waals surface area contributed by atoms with Crippen LogP contribution in [-0.4, -0.2) is 12.5 Å². The number of amides is 1. The predicted octanol–water partition coefficient (Wildman–Crippen LogP) is 4.57. The Morgan fingerprint density at radius 2 is 2.10 bits per heavy atom. The number of hydrogen-bond acceptors (Lipinski definition) is 3. The van der Waals surface area contributed by atoms with Crippen molar-refractivity contribution >= 4 is 38.9 Å². The first-order valence-corrected chi connectivity index (χ1v) is 8.58. The largest absolute Gasteiger partial charge is 0.385 e. The molecule has 0 bridgehead atoms. The minimum absolute atomic E-state index is 0.0286. The zero-order valence-electron chi connectivity index (χ0n) is 12.2. The summed E-state index contributed by atoms with van der Waals surface area (Å²) in [6.45, 7) is 5.60. The number of halogens is 1. The van der Waals surface area contributed by atoms with Gasteiger partial charge >= 0.3 is 0 Å². The molecule has 2 aromatic rings. The molecule has 0 aliphatic rings.